The Labute approximate surface area is 219 Å². The zero-order valence-electron chi connectivity index (χ0n) is 20.2. The summed E-state index contributed by atoms with van der Waals surface area (Å²) in [5.41, 5.74) is 1.86. The molecule has 5 rings (SSSR count). The fourth-order valence-electron chi connectivity index (χ4n) is 4.52. The second-order valence-electron chi connectivity index (χ2n) is 9.14. The van der Waals surface area contributed by atoms with Gasteiger partial charge in [-0.2, -0.15) is 4.98 Å². The van der Waals surface area contributed by atoms with E-state index in [1.54, 1.807) is 30.3 Å². The SMILES string of the molecule is C[C@@H]1CN(c2ccc(Nc3ncc4c(n3)N(C)CN(c3c(Cl)cccc3Cl)C4=O)cc2F)CCN1C. The van der Waals surface area contributed by atoms with E-state index in [0.717, 1.165) is 19.6 Å². The quantitative estimate of drug-likeness (QED) is 0.517. The molecular weight excluding hydrogens is 504 g/mol. The number of benzene rings is 2. The molecule has 0 unspecified atom stereocenters. The first kappa shape index (κ1) is 24.5. The van der Waals surface area contributed by atoms with Crippen molar-refractivity contribution in [2.75, 3.05) is 60.4 Å². The van der Waals surface area contributed by atoms with Crippen LogP contribution in [0.2, 0.25) is 10.0 Å². The van der Waals surface area contributed by atoms with Crippen molar-refractivity contribution in [3.63, 3.8) is 0 Å². The van der Waals surface area contributed by atoms with Gasteiger partial charge in [0.25, 0.3) is 5.91 Å². The minimum absolute atomic E-state index is 0.207. The maximum Gasteiger partial charge on any atom is 0.265 e. The van der Waals surface area contributed by atoms with E-state index in [1.807, 2.05) is 11.9 Å². The Balaban J connectivity index is 1.36. The number of likely N-dealkylation sites (N-methyl/N-ethyl adjacent to an activating group) is 1. The zero-order chi connectivity index (χ0) is 25.6. The molecule has 1 atom stereocenters. The first-order valence-electron chi connectivity index (χ1n) is 11.6. The van der Waals surface area contributed by atoms with Crippen LogP contribution in [0.3, 0.4) is 0 Å². The smallest absolute Gasteiger partial charge is 0.265 e. The summed E-state index contributed by atoms with van der Waals surface area (Å²) in [5, 5.41) is 3.81. The molecule has 0 saturated carbocycles. The Morgan fingerprint density at radius 3 is 2.56 bits per heavy atom. The summed E-state index contributed by atoms with van der Waals surface area (Å²) < 4.78 is 15.0. The van der Waals surface area contributed by atoms with Crippen molar-refractivity contribution >= 4 is 57.9 Å². The average Bonchev–Trinajstić information content (AvgIpc) is 2.84. The number of anilines is 5. The van der Waals surface area contributed by atoms with Crippen LogP contribution in [0.1, 0.15) is 17.3 Å². The summed E-state index contributed by atoms with van der Waals surface area (Å²) in [7, 11) is 3.89. The molecule has 3 aromatic rings. The van der Waals surface area contributed by atoms with Gasteiger partial charge >= 0.3 is 0 Å². The number of rotatable bonds is 4. The molecule has 0 spiro atoms. The lowest BCUT2D eigenvalue weighted by molar-refractivity contribution is 0.0982. The fourth-order valence-corrected chi connectivity index (χ4v) is 5.12. The Hall–Kier alpha value is -3.14. The van der Waals surface area contributed by atoms with Crippen molar-refractivity contribution < 1.29 is 9.18 Å². The van der Waals surface area contributed by atoms with Crippen LogP contribution in [0.4, 0.5) is 33.2 Å². The first-order chi connectivity index (χ1) is 17.2. The number of para-hydroxylation sites is 1. The highest BCUT2D eigenvalue weighted by Crippen LogP contribution is 2.37. The number of amides is 1. The number of piperazine rings is 1. The van der Waals surface area contributed by atoms with E-state index in [9.17, 15) is 4.79 Å². The van der Waals surface area contributed by atoms with Crippen molar-refractivity contribution in [1.82, 2.24) is 14.9 Å². The monoisotopic (exact) mass is 529 g/mol. The van der Waals surface area contributed by atoms with Crippen LogP contribution in [-0.2, 0) is 0 Å². The number of hydrogen-bond acceptors (Lipinski definition) is 7. The van der Waals surface area contributed by atoms with Gasteiger partial charge in [-0.3, -0.25) is 9.69 Å². The van der Waals surface area contributed by atoms with E-state index >= 15 is 4.39 Å². The summed E-state index contributed by atoms with van der Waals surface area (Å²) in [5.74, 6) is 0.106. The fraction of sp³-hybridized carbons (Fsp3) is 0.320. The van der Waals surface area contributed by atoms with Gasteiger partial charge in [0.15, 0.2) is 0 Å². The topological polar surface area (TPSA) is 67.8 Å². The number of carbonyl (C=O) groups is 1. The second-order valence-corrected chi connectivity index (χ2v) is 9.95. The Morgan fingerprint density at radius 2 is 1.86 bits per heavy atom. The van der Waals surface area contributed by atoms with Crippen LogP contribution < -0.4 is 20.0 Å². The standard InChI is InChI=1S/C25H26Cl2FN7O/c1-15-13-34(10-9-32(15)2)21-8-7-16(11-20(21)28)30-25-29-12-17-23(31-25)33(3)14-35(24(17)36)22-18(26)5-4-6-19(22)27/h4-8,11-12,15H,9-10,13-14H2,1-3H3,(H,29,30,31)/t15-/m1/s1. The summed E-state index contributed by atoms with van der Waals surface area (Å²) in [6.07, 6.45) is 1.46. The van der Waals surface area contributed by atoms with Crippen LogP contribution in [0.5, 0.6) is 0 Å². The molecule has 2 aliphatic heterocycles. The lowest BCUT2D eigenvalue weighted by Crippen LogP contribution is -2.50. The van der Waals surface area contributed by atoms with E-state index in [4.69, 9.17) is 23.2 Å². The lowest BCUT2D eigenvalue weighted by atomic mass is 10.1. The van der Waals surface area contributed by atoms with Crippen molar-refractivity contribution in [1.29, 1.82) is 0 Å². The van der Waals surface area contributed by atoms with Crippen LogP contribution in [0.15, 0.2) is 42.6 Å². The van der Waals surface area contributed by atoms with Gasteiger partial charge in [0.05, 0.1) is 28.1 Å². The van der Waals surface area contributed by atoms with E-state index < -0.39 is 0 Å². The molecule has 0 bridgehead atoms. The van der Waals surface area contributed by atoms with Gasteiger partial charge < -0.3 is 20.0 Å². The van der Waals surface area contributed by atoms with Gasteiger partial charge in [0.1, 0.15) is 17.2 Å². The van der Waals surface area contributed by atoms with E-state index in [2.05, 4.69) is 39.1 Å². The molecule has 36 heavy (non-hydrogen) atoms. The largest absolute Gasteiger partial charge is 0.366 e. The van der Waals surface area contributed by atoms with Crippen LogP contribution in [0.25, 0.3) is 0 Å². The maximum absolute atomic E-state index is 15.0. The summed E-state index contributed by atoms with van der Waals surface area (Å²) in [6.45, 7) is 4.77. The summed E-state index contributed by atoms with van der Waals surface area (Å²) >= 11 is 12.7. The molecule has 1 saturated heterocycles. The predicted octanol–water partition coefficient (Wildman–Crippen LogP) is 4.86. The molecule has 11 heteroatoms. The molecule has 1 aromatic heterocycles. The number of carbonyl (C=O) groups excluding carboxylic acids is 1. The number of hydrogen-bond donors (Lipinski definition) is 1. The summed E-state index contributed by atoms with van der Waals surface area (Å²) in [6, 6.07) is 10.5. The van der Waals surface area contributed by atoms with E-state index in [-0.39, 0.29) is 24.3 Å². The van der Waals surface area contributed by atoms with Gasteiger partial charge in [0, 0.05) is 44.6 Å². The Bertz CT molecular complexity index is 1300. The minimum atomic E-state index is -0.311. The molecule has 0 radical (unpaired) electrons. The minimum Gasteiger partial charge on any atom is -0.366 e. The molecule has 8 nitrogen and oxygen atoms in total. The van der Waals surface area contributed by atoms with Gasteiger partial charge in [-0.15, -0.1) is 0 Å². The van der Waals surface area contributed by atoms with Crippen LogP contribution in [0, 0.1) is 5.82 Å². The Kier molecular flexibility index (Phi) is 6.63. The molecule has 2 aromatic carbocycles. The predicted molar refractivity (Wildman–Crippen MR) is 143 cm³/mol. The molecule has 188 valence electrons. The van der Waals surface area contributed by atoms with Crippen LogP contribution in [-0.4, -0.2) is 67.2 Å². The highest BCUT2D eigenvalue weighted by atomic mass is 35.5. The number of halogens is 3. The maximum atomic E-state index is 15.0. The number of nitrogens with one attached hydrogen (secondary N) is 1. The van der Waals surface area contributed by atoms with Crippen molar-refractivity contribution in [2.24, 2.45) is 0 Å². The highest BCUT2D eigenvalue weighted by molar-refractivity contribution is 6.40. The molecule has 1 N–H and O–H groups in total. The molecule has 1 amide bonds. The van der Waals surface area contributed by atoms with E-state index in [0.29, 0.717) is 44.5 Å². The van der Waals surface area contributed by atoms with Gasteiger partial charge in [-0.05, 0) is 44.3 Å². The van der Waals surface area contributed by atoms with Gasteiger partial charge in [-0.25, -0.2) is 9.37 Å². The number of aromatic nitrogens is 2. The van der Waals surface area contributed by atoms with Crippen LogP contribution >= 0.6 is 23.2 Å². The third-order valence-electron chi connectivity index (χ3n) is 6.67. The molecule has 2 aliphatic rings. The molecule has 3 heterocycles. The average molecular weight is 530 g/mol. The zero-order valence-corrected chi connectivity index (χ0v) is 21.7. The third kappa shape index (κ3) is 4.54. The van der Waals surface area contributed by atoms with E-state index in [1.165, 1.54) is 17.2 Å². The van der Waals surface area contributed by atoms with Crippen molar-refractivity contribution in [2.45, 2.75) is 13.0 Å². The molecule has 0 aliphatic carbocycles. The molecule has 1 fully saturated rings. The normalized spacial score (nSPS) is 18.4. The Morgan fingerprint density at radius 1 is 1.11 bits per heavy atom. The van der Waals surface area contributed by atoms with Crippen molar-refractivity contribution in [3.8, 4) is 0 Å². The number of fused-ring (bicyclic) bond motifs is 1. The third-order valence-corrected chi connectivity index (χ3v) is 7.28. The van der Waals surface area contributed by atoms with Gasteiger partial charge in [0.2, 0.25) is 5.95 Å². The number of nitrogens with zero attached hydrogens (tertiary/aromatic N) is 6. The first-order valence-corrected chi connectivity index (χ1v) is 12.3. The second kappa shape index (κ2) is 9.72. The summed E-state index contributed by atoms with van der Waals surface area (Å²) in [4.78, 5) is 29.7. The van der Waals surface area contributed by atoms with Crippen molar-refractivity contribution in [3.05, 3.63) is 64.0 Å². The highest BCUT2D eigenvalue weighted by Gasteiger charge is 2.32. The molecular formula is C25H26Cl2FN7O. The lowest BCUT2D eigenvalue weighted by Gasteiger charge is -2.39. The van der Waals surface area contributed by atoms with Gasteiger partial charge in [-0.1, -0.05) is 29.3 Å².